The molecule has 0 aromatic carbocycles. The highest BCUT2D eigenvalue weighted by molar-refractivity contribution is 5.12. The van der Waals surface area contributed by atoms with Gasteiger partial charge in [0.1, 0.15) is 0 Å². The lowest BCUT2D eigenvalue weighted by molar-refractivity contribution is -0.157. The number of aliphatic hydroxyl groups is 1. The highest BCUT2D eigenvalue weighted by Crippen LogP contribution is 2.71. The van der Waals surface area contributed by atoms with Crippen LogP contribution in [0.3, 0.4) is 0 Å². The van der Waals surface area contributed by atoms with Crippen molar-refractivity contribution in [2.24, 2.45) is 22.2 Å². The molecule has 1 N–H and O–H groups in total. The van der Waals surface area contributed by atoms with E-state index in [-0.39, 0.29) is 0 Å². The average Bonchev–Trinajstić information content (AvgIpc) is 2.34. The lowest BCUT2D eigenvalue weighted by atomic mass is 9.39. The molecule has 4 aliphatic carbocycles. The summed E-state index contributed by atoms with van der Waals surface area (Å²) in [5.74, 6) is 0.880. The Morgan fingerprint density at radius 1 is 1.14 bits per heavy atom. The number of nitrogens with zero attached hydrogens (tertiary/aromatic N) is 2. The Morgan fingerprint density at radius 3 is 2.43 bits per heavy atom. The van der Waals surface area contributed by atoms with E-state index in [0.717, 1.165) is 18.0 Å². The molecular formula is C18H26N2O. The van der Waals surface area contributed by atoms with Crippen molar-refractivity contribution in [3.63, 3.8) is 0 Å². The van der Waals surface area contributed by atoms with Gasteiger partial charge in [0.15, 0.2) is 0 Å². The van der Waals surface area contributed by atoms with E-state index in [1.807, 2.05) is 0 Å². The van der Waals surface area contributed by atoms with Crippen LogP contribution in [0.25, 0.3) is 0 Å². The highest BCUT2D eigenvalue weighted by Gasteiger charge is 2.60. The van der Waals surface area contributed by atoms with Crippen LogP contribution in [0.5, 0.6) is 0 Å². The van der Waals surface area contributed by atoms with Gasteiger partial charge in [-0.25, -0.2) is 0 Å². The molecule has 4 aliphatic rings. The van der Waals surface area contributed by atoms with Crippen molar-refractivity contribution in [1.82, 2.24) is 9.97 Å². The summed E-state index contributed by atoms with van der Waals surface area (Å²) in [6.45, 7) is 4.97. The maximum Gasteiger partial charge on any atom is 0.0980 e. The van der Waals surface area contributed by atoms with Crippen molar-refractivity contribution in [3.05, 3.63) is 24.3 Å². The van der Waals surface area contributed by atoms with Crippen LogP contribution < -0.4 is 0 Å². The molecule has 3 nitrogen and oxygen atoms in total. The minimum absolute atomic E-state index is 0.333. The summed E-state index contributed by atoms with van der Waals surface area (Å²) in [7, 11) is 0. The van der Waals surface area contributed by atoms with Crippen LogP contribution >= 0.6 is 0 Å². The molecule has 1 aromatic heterocycles. The third-order valence-corrected chi connectivity index (χ3v) is 6.29. The van der Waals surface area contributed by atoms with E-state index >= 15 is 0 Å². The molecule has 0 radical (unpaired) electrons. The fourth-order valence-corrected chi connectivity index (χ4v) is 6.91. The van der Waals surface area contributed by atoms with E-state index < -0.39 is 6.10 Å². The first-order valence-electron chi connectivity index (χ1n) is 8.34. The molecule has 4 saturated carbocycles. The van der Waals surface area contributed by atoms with Gasteiger partial charge in [0, 0.05) is 12.4 Å². The number of aromatic nitrogens is 2. The van der Waals surface area contributed by atoms with Gasteiger partial charge in [-0.1, -0.05) is 13.8 Å². The number of hydrogen-bond acceptors (Lipinski definition) is 3. The van der Waals surface area contributed by atoms with E-state index in [9.17, 15) is 5.11 Å². The lowest BCUT2D eigenvalue weighted by Gasteiger charge is -2.66. The standard InChI is InChI=1S/C18H26N2O/c1-16-5-13-6-17(2,10-16)12-18(7-13,11-16)8-15(21)14-9-19-3-4-20-14/h3-4,9,13,15,21H,5-8,10-12H2,1-2H3. The van der Waals surface area contributed by atoms with Crippen molar-refractivity contribution in [3.8, 4) is 0 Å². The van der Waals surface area contributed by atoms with Crippen LogP contribution in [0.4, 0.5) is 0 Å². The minimum atomic E-state index is -0.456. The van der Waals surface area contributed by atoms with Crippen molar-refractivity contribution in [2.75, 3.05) is 0 Å². The van der Waals surface area contributed by atoms with Gasteiger partial charge in [-0.2, -0.15) is 0 Å². The Balaban J connectivity index is 1.60. The Labute approximate surface area is 127 Å². The SMILES string of the molecule is CC12CC3CC(C)(C1)CC(CC(O)c1cnccn1)(C3)C2. The third kappa shape index (κ3) is 2.30. The summed E-state index contributed by atoms with van der Waals surface area (Å²) in [4.78, 5) is 8.40. The second kappa shape index (κ2) is 4.28. The van der Waals surface area contributed by atoms with Gasteiger partial charge in [-0.15, -0.1) is 0 Å². The second-order valence-corrected chi connectivity index (χ2v) is 8.98. The molecule has 5 rings (SSSR count). The first-order chi connectivity index (χ1) is 9.90. The van der Waals surface area contributed by atoms with Gasteiger partial charge in [0.25, 0.3) is 0 Å². The zero-order valence-corrected chi connectivity index (χ0v) is 13.2. The van der Waals surface area contributed by atoms with E-state index in [1.54, 1.807) is 18.6 Å². The summed E-state index contributed by atoms with van der Waals surface area (Å²) >= 11 is 0. The van der Waals surface area contributed by atoms with E-state index in [1.165, 1.54) is 38.5 Å². The topological polar surface area (TPSA) is 46.0 Å². The van der Waals surface area contributed by atoms with Crippen molar-refractivity contribution >= 4 is 0 Å². The number of hydrogen-bond donors (Lipinski definition) is 1. The Bertz CT molecular complexity index is 525. The third-order valence-electron chi connectivity index (χ3n) is 6.29. The number of aliphatic hydroxyl groups excluding tert-OH is 1. The van der Waals surface area contributed by atoms with Crippen LogP contribution in [-0.4, -0.2) is 15.1 Å². The first-order valence-corrected chi connectivity index (χ1v) is 8.34. The van der Waals surface area contributed by atoms with Gasteiger partial charge < -0.3 is 5.11 Å². The van der Waals surface area contributed by atoms with Crippen LogP contribution in [0.1, 0.15) is 70.6 Å². The predicted octanol–water partition coefficient (Wildman–Crippen LogP) is 3.90. The molecular weight excluding hydrogens is 260 g/mol. The quantitative estimate of drug-likeness (QED) is 0.916. The molecule has 3 unspecified atom stereocenters. The monoisotopic (exact) mass is 286 g/mol. The number of rotatable bonds is 3. The highest BCUT2D eigenvalue weighted by atomic mass is 16.3. The molecule has 1 aromatic rings. The largest absolute Gasteiger partial charge is 0.387 e. The summed E-state index contributed by atoms with van der Waals surface area (Å²) in [5, 5.41) is 10.6. The summed E-state index contributed by atoms with van der Waals surface area (Å²) in [6.07, 6.45) is 13.6. The maximum atomic E-state index is 10.6. The van der Waals surface area contributed by atoms with E-state index in [0.29, 0.717) is 16.2 Å². The molecule has 114 valence electrons. The predicted molar refractivity (Wildman–Crippen MR) is 81.4 cm³/mol. The molecule has 1 heterocycles. The summed E-state index contributed by atoms with van der Waals surface area (Å²) < 4.78 is 0. The molecule has 3 heteroatoms. The van der Waals surface area contributed by atoms with Gasteiger partial charge in [-0.3, -0.25) is 9.97 Å². The maximum absolute atomic E-state index is 10.6. The molecule has 0 spiro atoms. The molecule has 0 aliphatic heterocycles. The Hall–Kier alpha value is -0.960. The molecule has 4 bridgehead atoms. The van der Waals surface area contributed by atoms with Crippen LogP contribution in [0.15, 0.2) is 18.6 Å². The molecule has 4 fully saturated rings. The lowest BCUT2D eigenvalue weighted by Crippen LogP contribution is -2.55. The van der Waals surface area contributed by atoms with Crippen LogP contribution in [0, 0.1) is 22.2 Å². The van der Waals surface area contributed by atoms with Crippen molar-refractivity contribution in [1.29, 1.82) is 0 Å². The molecule has 21 heavy (non-hydrogen) atoms. The fraction of sp³-hybridized carbons (Fsp3) is 0.778. The fourth-order valence-electron chi connectivity index (χ4n) is 6.91. The summed E-state index contributed by atoms with van der Waals surface area (Å²) in [6, 6.07) is 0. The van der Waals surface area contributed by atoms with E-state index in [4.69, 9.17) is 0 Å². The van der Waals surface area contributed by atoms with Gasteiger partial charge in [0.2, 0.25) is 0 Å². The molecule has 0 amide bonds. The van der Waals surface area contributed by atoms with E-state index in [2.05, 4.69) is 23.8 Å². The van der Waals surface area contributed by atoms with Crippen LogP contribution in [0.2, 0.25) is 0 Å². The molecule has 3 atom stereocenters. The zero-order valence-electron chi connectivity index (χ0n) is 13.2. The molecule has 0 saturated heterocycles. The van der Waals surface area contributed by atoms with Crippen molar-refractivity contribution in [2.45, 2.75) is 64.9 Å². The normalized spacial score (nSPS) is 45.8. The minimum Gasteiger partial charge on any atom is -0.387 e. The van der Waals surface area contributed by atoms with Crippen LogP contribution in [-0.2, 0) is 0 Å². The Morgan fingerprint density at radius 2 is 1.86 bits per heavy atom. The van der Waals surface area contributed by atoms with Gasteiger partial charge in [-0.05, 0) is 67.1 Å². The van der Waals surface area contributed by atoms with Gasteiger partial charge in [0.05, 0.1) is 18.0 Å². The van der Waals surface area contributed by atoms with Gasteiger partial charge >= 0.3 is 0 Å². The zero-order chi connectivity index (χ0) is 14.7. The van der Waals surface area contributed by atoms with Crippen molar-refractivity contribution < 1.29 is 5.11 Å². The Kier molecular flexibility index (Phi) is 2.79. The second-order valence-electron chi connectivity index (χ2n) is 8.98. The smallest absolute Gasteiger partial charge is 0.0980 e. The average molecular weight is 286 g/mol. The first kappa shape index (κ1) is 13.7. The summed E-state index contributed by atoms with van der Waals surface area (Å²) in [5.41, 5.74) is 2.09.